The molecule has 1 N–H and O–H groups in total. The van der Waals surface area contributed by atoms with Crippen molar-refractivity contribution >= 4 is 23.0 Å². The molecule has 0 radical (unpaired) electrons. The minimum atomic E-state index is -0.419. The van der Waals surface area contributed by atoms with Crippen molar-refractivity contribution in [2.75, 3.05) is 11.9 Å². The first kappa shape index (κ1) is 24.1. The zero-order valence-electron chi connectivity index (χ0n) is 18.8. The van der Waals surface area contributed by atoms with Gasteiger partial charge < -0.3 is 14.8 Å². The minimum absolute atomic E-state index is 0.0489. The molecule has 0 heterocycles. The number of halogens is 1. The van der Waals surface area contributed by atoms with Gasteiger partial charge in [-0.3, -0.25) is 10.1 Å². The van der Waals surface area contributed by atoms with Crippen LogP contribution in [-0.2, 0) is 19.6 Å². The molecule has 0 unspecified atom stereocenters. The largest absolute Gasteiger partial charge is 0.490 e. The summed E-state index contributed by atoms with van der Waals surface area (Å²) < 4.78 is 12.0. The standard InChI is InChI=1S/C26H27ClN2O4/c1-4-6-21-13-20(16-28-22-10-7-18(3)24(27)15-22)14-25(32-5-2)26(21)33-17-19-8-11-23(12-9-19)29(30)31/h4,7-15,28H,1,5-6,16-17H2,2-3H3. The van der Waals surface area contributed by atoms with E-state index in [9.17, 15) is 10.1 Å². The van der Waals surface area contributed by atoms with Crippen molar-refractivity contribution in [1.29, 1.82) is 0 Å². The molecule has 0 saturated heterocycles. The number of nitro benzene ring substituents is 1. The summed E-state index contributed by atoms with van der Waals surface area (Å²) >= 11 is 6.24. The Labute approximate surface area is 199 Å². The monoisotopic (exact) mass is 466 g/mol. The predicted molar refractivity (Wildman–Crippen MR) is 132 cm³/mol. The van der Waals surface area contributed by atoms with Crippen molar-refractivity contribution in [3.05, 3.63) is 105 Å². The molecule has 3 rings (SSSR count). The van der Waals surface area contributed by atoms with Crippen LogP contribution in [0.25, 0.3) is 0 Å². The molecule has 0 aliphatic carbocycles. The normalized spacial score (nSPS) is 10.5. The van der Waals surface area contributed by atoms with E-state index in [2.05, 4.69) is 18.0 Å². The van der Waals surface area contributed by atoms with Gasteiger partial charge in [-0.05, 0) is 73.4 Å². The molecule has 3 aromatic carbocycles. The maximum absolute atomic E-state index is 10.9. The first-order valence-electron chi connectivity index (χ1n) is 10.7. The zero-order chi connectivity index (χ0) is 23.8. The summed E-state index contributed by atoms with van der Waals surface area (Å²) in [6.07, 6.45) is 2.43. The molecular formula is C26H27ClN2O4. The molecule has 0 aromatic heterocycles. The first-order valence-corrected chi connectivity index (χ1v) is 11.0. The maximum atomic E-state index is 10.9. The lowest BCUT2D eigenvalue weighted by Crippen LogP contribution is -2.06. The van der Waals surface area contributed by atoms with E-state index in [0.29, 0.717) is 31.1 Å². The van der Waals surface area contributed by atoms with Crippen molar-refractivity contribution in [1.82, 2.24) is 0 Å². The highest BCUT2D eigenvalue weighted by molar-refractivity contribution is 6.31. The van der Waals surface area contributed by atoms with Gasteiger partial charge in [0.2, 0.25) is 0 Å². The fourth-order valence-corrected chi connectivity index (χ4v) is 3.52. The van der Waals surface area contributed by atoms with Crippen molar-refractivity contribution < 1.29 is 14.4 Å². The summed E-state index contributed by atoms with van der Waals surface area (Å²) in [6, 6.07) is 16.2. The molecule has 0 atom stereocenters. The second-order valence-corrected chi connectivity index (χ2v) is 7.94. The maximum Gasteiger partial charge on any atom is 0.269 e. The van der Waals surface area contributed by atoms with E-state index in [1.54, 1.807) is 12.1 Å². The van der Waals surface area contributed by atoms with E-state index in [1.165, 1.54) is 12.1 Å². The Morgan fingerprint density at radius 1 is 1.09 bits per heavy atom. The molecule has 0 aliphatic rings. The van der Waals surface area contributed by atoms with E-state index >= 15 is 0 Å². The van der Waals surface area contributed by atoms with Crippen LogP contribution in [0.5, 0.6) is 11.5 Å². The highest BCUT2D eigenvalue weighted by Crippen LogP contribution is 2.35. The molecule has 6 nitrogen and oxygen atoms in total. The number of allylic oxidation sites excluding steroid dienone is 1. The van der Waals surface area contributed by atoms with Crippen LogP contribution in [0.1, 0.15) is 29.2 Å². The third-order valence-electron chi connectivity index (χ3n) is 5.05. The summed E-state index contributed by atoms with van der Waals surface area (Å²) in [7, 11) is 0. The molecule has 0 aliphatic heterocycles. The molecule has 0 amide bonds. The summed E-state index contributed by atoms with van der Waals surface area (Å²) in [6.45, 7) is 9.11. The number of anilines is 1. The van der Waals surface area contributed by atoms with Gasteiger partial charge in [0, 0.05) is 35.0 Å². The van der Waals surface area contributed by atoms with E-state index in [1.807, 2.05) is 44.2 Å². The lowest BCUT2D eigenvalue weighted by molar-refractivity contribution is -0.384. The van der Waals surface area contributed by atoms with Crippen LogP contribution in [0.4, 0.5) is 11.4 Å². The molecule has 0 spiro atoms. The Hall–Kier alpha value is -3.51. The van der Waals surface area contributed by atoms with Crippen LogP contribution in [0, 0.1) is 17.0 Å². The van der Waals surface area contributed by atoms with Gasteiger partial charge in [0.25, 0.3) is 5.69 Å². The van der Waals surface area contributed by atoms with Gasteiger partial charge in [0.15, 0.2) is 11.5 Å². The number of non-ortho nitro benzene ring substituents is 1. The number of hydrogen-bond donors (Lipinski definition) is 1. The Kier molecular flexibility index (Phi) is 8.33. The molecule has 3 aromatic rings. The molecule has 7 heteroatoms. The lowest BCUT2D eigenvalue weighted by Gasteiger charge is -2.18. The number of nitrogens with zero attached hydrogens (tertiary/aromatic N) is 1. The number of nitro groups is 1. The molecule has 0 saturated carbocycles. The summed E-state index contributed by atoms with van der Waals surface area (Å²) in [4.78, 5) is 10.4. The molecule has 172 valence electrons. The second-order valence-electron chi connectivity index (χ2n) is 7.54. The minimum Gasteiger partial charge on any atom is -0.490 e. The van der Waals surface area contributed by atoms with Crippen LogP contribution in [0.2, 0.25) is 5.02 Å². The van der Waals surface area contributed by atoms with Gasteiger partial charge >= 0.3 is 0 Å². The number of hydrogen-bond acceptors (Lipinski definition) is 5. The van der Waals surface area contributed by atoms with Gasteiger partial charge in [-0.25, -0.2) is 0 Å². The molecular weight excluding hydrogens is 440 g/mol. The summed E-state index contributed by atoms with van der Waals surface area (Å²) in [5, 5.41) is 15.0. The highest BCUT2D eigenvalue weighted by Gasteiger charge is 2.14. The quantitative estimate of drug-likeness (QED) is 0.189. The number of nitrogens with one attached hydrogen (secondary N) is 1. The number of rotatable bonds is 11. The third kappa shape index (κ3) is 6.49. The Bertz CT molecular complexity index is 1130. The van der Waals surface area contributed by atoms with Crippen molar-refractivity contribution in [3.8, 4) is 11.5 Å². The zero-order valence-corrected chi connectivity index (χ0v) is 19.5. The van der Waals surface area contributed by atoms with E-state index < -0.39 is 4.92 Å². The van der Waals surface area contributed by atoms with Crippen LogP contribution in [0.15, 0.2) is 67.3 Å². The van der Waals surface area contributed by atoms with Gasteiger partial charge in [-0.2, -0.15) is 0 Å². The summed E-state index contributed by atoms with van der Waals surface area (Å²) in [5.74, 6) is 1.30. The van der Waals surface area contributed by atoms with Crippen molar-refractivity contribution in [3.63, 3.8) is 0 Å². The average Bonchev–Trinajstić information content (AvgIpc) is 2.80. The smallest absolute Gasteiger partial charge is 0.269 e. The van der Waals surface area contributed by atoms with E-state index in [4.69, 9.17) is 21.1 Å². The van der Waals surface area contributed by atoms with Crippen LogP contribution in [0.3, 0.4) is 0 Å². The van der Waals surface area contributed by atoms with Crippen LogP contribution < -0.4 is 14.8 Å². The molecule has 33 heavy (non-hydrogen) atoms. The number of benzene rings is 3. The van der Waals surface area contributed by atoms with Crippen LogP contribution in [-0.4, -0.2) is 11.5 Å². The predicted octanol–water partition coefficient (Wildman–Crippen LogP) is 6.87. The molecule has 0 fully saturated rings. The average molecular weight is 467 g/mol. The Morgan fingerprint density at radius 2 is 1.85 bits per heavy atom. The van der Waals surface area contributed by atoms with Gasteiger partial charge in [-0.15, -0.1) is 6.58 Å². The first-order chi connectivity index (χ1) is 15.9. The fourth-order valence-electron chi connectivity index (χ4n) is 3.34. The Morgan fingerprint density at radius 3 is 2.48 bits per heavy atom. The second kappa shape index (κ2) is 11.4. The SMILES string of the molecule is C=CCc1cc(CNc2ccc(C)c(Cl)c2)cc(OCC)c1OCc1ccc([N+](=O)[O-])cc1. The Balaban J connectivity index is 1.81. The van der Waals surface area contributed by atoms with E-state index in [-0.39, 0.29) is 12.3 Å². The lowest BCUT2D eigenvalue weighted by atomic mass is 10.0. The van der Waals surface area contributed by atoms with Crippen molar-refractivity contribution in [2.24, 2.45) is 0 Å². The fraction of sp³-hybridized carbons (Fsp3) is 0.231. The van der Waals surface area contributed by atoms with Crippen LogP contribution >= 0.6 is 11.6 Å². The van der Waals surface area contributed by atoms with Gasteiger partial charge in [-0.1, -0.05) is 23.7 Å². The van der Waals surface area contributed by atoms with Crippen molar-refractivity contribution in [2.45, 2.75) is 33.4 Å². The van der Waals surface area contributed by atoms with E-state index in [0.717, 1.165) is 33.0 Å². The number of aryl methyl sites for hydroxylation is 1. The molecule has 0 bridgehead atoms. The van der Waals surface area contributed by atoms with Gasteiger partial charge in [0.05, 0.1) is 11.5 Å². The third-order valence-corrected chi connectivity index (χ3v) is 5.46. The van der Waals surface area contributed by atoms with Gasteiger partial charge in [0.1, 0.15) is 6.61 Å². The number of ether oxygens (including phenoxy) is 2. The highest BCUT2D eigenvalue weighted by atomic mass is 35.5. The topological polar surface area (TPSA) is 73.6 Å². The summed E-state index contributed by atoms with van der Waals surface area (Å²) in [5.41, 5.74) is 4.84.